The second-order valence-corrected chi connectivity index (χ2v) is 11.2. The molecule has 2 amide bonds. The quantitative estimate of drug-likeness (QED) is 0.478. The summed E-state index contributed by atoms with van der Waals surface area (Å²) in [6, 6.07) is 12.3. The molecule has 0 fully saturated rings. The Morgan fingerprint density at radius 1 is 1.23 bits per heavy atom. The van der Waals surface area contributed by atoms with E-state index in [0.717, 1.165) is 35.1 Å². The molecule has 4 N–H and O–H groups in total. The maximum absolute atomic E-state index is 13.6. The van der Waals surface area contributed by atoms with Gasteiger partial charge in [0, 0.05) is 19.1 Å². The molecule has 0 radical (unpaired) electrons. The number of nitrogens with two attached hydrogens (primary N) is 1. The van der Waals surface area contributed by atoms with Gasteiger partial charge in [-0.15, -0.1) is 0 Å². The van der Waals surface area contributed by atoms with Gasteiger partial charge < -0.3 is 25.6 Å². The van der Waals surface area contributed by atoms with Crippen LogP contribution in [0.4, 0.5) is 0 Å². The van der Waals surface area contributed by atoms with Crippen molar-refractivity contribution in [2.45, 2.75) is 82.2 Å². The summed E-state index contributed by atoms with van der Waals surface area (Å²) < 4.78 is 11.9. The molecule has 0 saturated carbocycles. The lowest BCUT2D eigenvalue weighted by Gasteiger charge is -2.42. The topological polar surface area (TPSA) is 126 Å². The number of aliphatic imine (C=N–C) groups is 1. The molecular formula is C30H38N4O5. The molecule has 2 aromatic rings. The molecular weight excluding hydrogens is 496 g/mol. The molecule has 3 aliphatic rings. The molecule has 39 heavy (non-hydrogen) atoms. The molecule has 0 spiro atoms. The van der Waals surface area contributed by atoms with Crippen molar-refractivity contribution in [3.8, 4) is 5.75 Å². The molecule has 4 atom stereocenters. The Bertz CT molecular complexity index is 1310. The molecule has 5 rings (SSSR count). The maximum Gasteiger partial charge on any atom is 0.232 e. The van der Waals surface area contributed by atoms with Crippen LogP contribution in [0.25, 0.3) is 0 Å². The van der Waals surface area contributed by atoms with Crippen LogP contribution in [0.1, 0.15) is 74.4 Å². The van der Waals surface area contributed by atoms with Gasteiger partial charge in [-0.1, -0.05) is 44.2 Å². The fourth-order valence-corrected chi connectivity index (χ4v) is 6.38. The van der Waals surface area contributed by atoms with E-state index in [-0.39, 0.29) is 37.2 Å². The van der Waals surface area contributed by atoms with E-state index in [4.69, 9.17) is 20.2 Å². The van der Waals surface area contributed by atoms with Gasteiger partial charge in [-0.05, 0) is 48.6 Å². The van der Waals surface area contributed by atoms with Crippen LogP contribution in [-0.4, -0.2) is 58.7 Å². The highest BCUT2D eigenvalue weighted by atomic mass is 16.5. The summed E-state index contributed by atoms with van der Waals surface area (Å²) in [6.45, 7) is 6.17. The summed E-state index contributed by atoms with van der Waals surface area (Å²) >= 11 is 0. The minimum absolute atomic E-state index is 0.105. The second kappa shape index (κ2) is 10.3. The maximum atomic E-state index is 13.6. The highest BCUT2D eigenvalue weighted by Gasteiger charge is 2.53. The average molecular weight is 535 g/mol. The van der Waals surface area contributed by atoms with Gasteiger partial charge in [0.2, 0.25) is 11.8 Å². The second-order valence-electron chi connectivity index (χ2n) is 11.2. The molecule has 1 unspecified atom stereocenters. The van der Waals surface area contributed by atoms with E-state index in [9.17, 15) is 14.7 Å². The third-order valence-corrected chi connectivity index (χ3v) is 8.53. The molecule has 1 aliphatic carbocycles. The SMILES string of the molecule is CCC1(CC)CC(=O)N([C@H]2c3cc(CC(=O)N[C@@H]4c5ccccc5C[C@H]4O)ccc3OC2(C)COC)C(N)=N1. The zero-order valence-corrected chi connectivity index (χ0v) is 23.1. The first-order valence-electron chi connectivity index (χ1n) is 13.7. The normalized spacial score (nSPS) is 27.0. The summed E-state index contributed by atoms with van der Waals surface area (Å²) in [5, 5.41) is 13.6. The van der Waals surface area contributed by atoms with E-state index in [1.54, 1.807) is 12.0 Å². The van der Waals surface area contributed by atoms with Crippen molar-refractivity contribution in [3.05, 3.63) is 64.7 Å². The van der Waals surface area contributed by atoms with Crippen molar-refractivity contribution in [2.24, 2.45) is 10.7 Å². The monoisotopic (exact) mass is 534 g/mol. The van der Waals surface area contributed by atoms with E-state index in [2.05, 4.69) is 5.32 Å². The number of carbonyl (C=O) groups is 2. The zero-order valence-electron chi connectivity index (χ0n) is 23.1. The number of amides is 2. The number of nitrogens with zero attached hydrogens (tertiary/aromatic N) is 2. The van der Waals surface area contributed by atoms with Gasteiger partial charge in [-0.2, -0.15) is 0 Å². The molecule has 0 saturated heterocycles. The van der Waals surface area contributed by atoms with E-state index in [0.29, 0.717) is 12.2 Å². The number of methoxy groups -OCH3 is 1. The van der Waals surface area contributed by atoms with Crippen LogP contribution < -0.4 is 15.8 Å². The highest BCUT2D eigenvalue weighted by molar-refractivity contribution is 6.00. The third kappa shape index (κ3) is 4.78. The van der Waals surface area contributed by atoms with Gasteiger partial charge in [0.1, 0.15) is 11.8 Å². The van der Waals surface area contributed by atoms with E-state index in [1.165, 1.54) is 0 Å². The standard InChI is InChI=1S/C30H38N4O5/c1-5-30(6-2)16-25(37)34(28(31)33-30)27-21-13-18(11-12-23(21)39-29(27,3)17-38-4)14-24(36)32-26-20-10-8-7-9-19(20)15-22(26)35/h7-13,22,26-27,35H,5-6,14-17H2,1-4H3,(H2,31,33)(H,32,36)/t22-,26-,27+,29?/m1/s1. The summed E-state index contributed by atoms with van der Waals surface area (Å²) in [4.78, 5) is 33.0. The molecule has 208 valence electrons. The molecule has 0 bridgehead atoms. The van der Waals surface area contributed by atoms with Crippen LogP contribution in [0, 0.1) is 0 Å². The number of hydrogen-bond donors (Lipinski definition) is 3. The first-order chi connectivity index (χ1) is 18.6. The van der Waals surface area contributed by atoms with E-state index < -0.39 is 29.3 Å². The van der Waals surface area contributed by atoms with Gasteiger partial charge in [0.15, 0.2) is 11.6 Å². The Hall–Kier alpha value is -3.43. The number of ether oxygens (including phenoxy) is 2. The fraction of sp³-hybridized carbons (Fsp3) is 0.500. The minimum Gasteiger partial charge on any atom is -0.482 e. The van der Waals surface area contributed by atoms with Gasteiger partial charge in [0.05, 0.1) is 37.1 Å². The summed E-state index contributed by atoms with van der Waals surface area (Å²) in [5.41, 5.74) is 8.61. The molecule has 2 aromatic carbocycles. The largest absolute Gasteiger partial charge is 0.482 e. The number of carbonyl (C=O) groups excluding carboxylic acids is 2. The zero-order chi connectivity index (χ0) is 27.9. The number of fused-ring (bicyclic) bond motifs is 2. The van der Waals surface area contributed by atoms with Crippen molar-refractivity contribution < 1.29 is 24.2 Å². The summed E-state index contributed by atoms with van der Waals surface area (Å²) in [6.07, 6.45) is 1.67. The van der Waals surface area contributed by atoms with Gasteiger partial charge in [0.25, 0.3) is 0 Å². The predicted octanol–water partition coefficient (Wildman–Crippen LogP) is 2.95. The van der Waals surface area contributed by atoms with Gasteiger partial charge >= 0.3 is 0 Å². The lowest BCUT2D eigenvalue weighted by molar-refractivity contribution is -0.136. The van der Waals surface area contributed by atoms with Gasteiger partial charge in [-0.25, -0.2) is 4.99 Å². The molecule has 0 aromatic heterocycles. The molecule has 2 aliphatic heterocycles. The van der Waals surface area contributed by atoms with Crippen LogP contribution in [-0.2, 0) is 27.2 Å². The number of nitrogens with one attached hydrogen (secondary N) is 1. The highest BCUT2D eigenvalue weighted by Crippen LogP contribution is 2.48. The van der Waals surface area contributed by atoms with Crippen molar-refractivity contribution in [1.29, 1.82) is 0 Å². The van der Waals surface area contributed by atoms with Crippen LogP contribution in [0.15, 0.2) is 47.5 Å². The Kier molecular flexibility index (Phi) is 7.15. The number of guanidine groups is 1. The minimum atomic E-state index is -0.899. The van der Waals surface area contributed by atoms with Crippen molar-refractivity contribution in [1.82, 2.24) is 10.2 Å². The van der Waals surface area contributed by atoms with Crippen LogP contribution in [0.2, 0.25) is 0 Å². The van der Waals surface area contributed by atoms with Crippen LogP contribution in [0.5, 0.6) is 5.75 Å². The average Bonchev–Trinajstić information content (AvgIpc) is 3.36. The number of aliphatic hydroxyl groups is 1. The van der Waals surface area contributed by atoms with E-state index in [1.807, 2.05) is 63.2 Å². The molecule has 9 nitrogen and oxygen atoms in total. The number of rotatable bonds is 8. The Morgan fingerprint density at radius 3 is 2.67 bits per heavy atom. The van der Waals surface area contributed by atoms with E-state index >= 15 is 0 Å². The number of hydrogen-bond acceptors (Lipinski definition) is 7. The molecule has 9 heteroatoms. The Balaban J connectivity index is 1.43. The smallest absolute Gasteiger partial charge is 0.232 e. The van der Waals surface area contributed by atoms with Crippen molar-refractivity contribution in [3.63, 3.8) is 0 Å². The van der Waals surface area contributed by atoms with Crippen molar-refractivity contribution >= 4 is 17.8 Å². The van der Waals surface area contributed by atoms with Crippen LogP contribution >= 0.6 is 0 Å². The lowest BCUT2D eigenvalue weighted by atomic mass is 9.85. The van der Waals surface area contributed by atoms with Crippen LogP contribution in [0.3, 0.4) is 0 Å². The molecule has 2 heterocycles. The third-order valence-electron chi connectivity index (χ3n) is 8.53. The lowest BCUT2D eigenvalue weighted by Crippen LogP contribution is -2.57. The number of aliphatic hydroxyl groups excluding tert-OH is 1. The first kappa shape index (κ1) is 27.1. The fourth-order valence-electron chi connectivity index (χ4n) is 6.38. The summed E-state index contributed by atoms with van der Waals surface area (Å²) in [5.74, 6) is 0.492. The van der Waals surface area contributed by atoms with Gasteiger partial charge in [-0.3, -0.25) is 14.5 Å². The van der Waals surface area contributed by atoms with Crippen molar-refractivity contribution in [2.75, 3.05) is 13.7 Å². The first-order valence-corrected chi connectivity index (χ1v) is 13.7. The summed E-state index contributed by atoms with van der Waals surface area (Å²) in [7, 11) is 1.59. The Labute approximate surface area is 229 Å². The Morgan fingerprint density at radius 2 is 1.97 bits per heavy atom. The number of benzene rings is 2. The predicted molar refractivity (Wildman–Crippen MR) is 147 cm³/mol.